The zero-order chi connectivity index (χ0) is 25.8. The van der Waals surface area contributed by atoms with E-state index in [1.165, 1.54) is 12.1 Å². The molecule has 1 aliphatic carbocycles. The van der Waals surface area contributed by atoms with E-state index in [-0.39, 0.29) is 36.8 Å². The smallest absolute Gasteiger partial charge is 0.338 e. The summed E-state index contributed by atoms with van der Waals surface area (Å²) in [7, 11) is 0. The number of hydrogen-bond acceptors (Lipinski definition) is 7. The number of hydrogen-bond donors (Lipinski definition) is 3. The Hall–Kier alpha value is -4.18. The number of carbonyl (C=O) groups is 3. The molecule has 2 amide bonds. The molecule has 2 atom stereocenters. The lowest BCUT2D eigenvalue weighted by Crippen LogP contribution is -2.34. The number of aliphatic hydroxyl groups is 1. The summed E-state index contributed by atoms with van der Waals surface area (Å²) in [6.07, 6.45) is 0.467. The van der Waals surface area contributed by atoms with Crippen molar-refractivity contribution in [1.82, 2.24) is 20.6 Å². The molecule has 4 rings (SSSR count). The Bertz CT molecular complexity index is 1330. The first-order chi connectivity index (χ1) is 17.3. The number of carbonyl (C=O) groups excluding carboxylic acids is 3. The van der Waals surface area contributed by atoms with Crippen LogP contribution in [0.1, 0.15) is 66.6 Å². The molecular formula is C26H25FN4O5. The Labute approximate surface area is 206 Å². The molecule has 0 radical (unpaired) electrons. The van der Waals surface area contributed by atoms with Gasteiger partial charge in [-0.3, -0.25) is 9.59 Å². The second kappa shape index (κ2) is 10.6. The van der Waals surface area contributed by atoms with Crippen LogP contribution >= 0.6 is 0 Å². The molecule has 9 nitrogen and oxygen atoms in total. The second-order valence-corrected chi connectivity index (χ2v) is 8.41. The van der Waals surface area contributed by atoms with E-state index in [0.717, 1.165) is 11.9 Å². The monoisotopic (exact) mass is 492 g/mol. The molecule has 2 aromatic carbocycles. The van der Waals surface area contributed by atoms with Crippen LogP contribution in [-0.4, -0.2) is 45.6 Å². The highest BCUT2D eigenvalue weighted by atomic mass is 19.1. The van der Waals surface area contributed by atoms with Gasteiger partial charge in [-0.05, 0) is 54.3 Å². The van der Waals surface area contributed by atoms with E-state index in [1.54, 1.807) is 44.2 Å². The normalized spacial score (nSPS) is 16.2. The van der Waals surface area contributed by atoms with E-state index in [4.69, 9.17) is 4.74 Å². The van der Waals surface area contributed by atoms with Gasteiger partial charge in [-0.2, -0.15) is 0 Å². The van der Waals surface area contributed by atoms with E-state index in [0.29, 0.717) is 22.3 Å². The summed E-state index contributed by atoms with van der Waals surface area (Å²) in [6.45, 7) is 3.76. The maximum Gasteiger partial charge on any atom is 0.338 e. The number of aromatic nitrogens is 2. The largest absolute Gasteiger partial charge is 0.462 e. The fraction of sp³-hybridized carbons (Fsp3) is 0.269. The average Bonchev–Trinajstić information content (AvgIpc) is 3.18. The number of esters is 1. The summed E-state index contributed by atoms with van der Waals surface area (Å²) in [5.74, 6) is -1.90. The van der Waals surface area contributed by atoms with Crippen molar-refractivity contribution in [3.63, 3.8) is 0 Å². The quantitative estimate of drug-likeness (QED) is 0.432. The van der Waals surface area contributed by atoms with Crippen molar-refractivity contribution in [1.29, 1.82) is 0 Å². The maximum absolute atomic E-state index is 13.4. The lowest BCUT2D eigenvalue weighted by molar-refractivity contribution is 0.0526. The zero-order valence-corrected chi connectivity index (χ0v) is 19.7. The van der Waals surface area contributed by atoms with Gasteiger partial charge in [-0.15, -0.1) is 0 Å². The van der Waals surface area contributed by atoms with E-state index in [1.807, 2.05) is 0 Å². The minimum Gasteiger partial charge on any atom is -0.462 e. The summed E-state index contributed by atoms with van der Waals surface area (Å²) in [5.41, 5.74) is 2.92. The van der Waals surface area contributed by atoms with Crippen LogP contribution in [-0.2, 0) is 17.7 Å². The van der Waals surface area contributed by atoms with Crippen molar-refractivity contribution in [2.75, 3.05) is 6.61 Å². The zero-order valence-electron chi connectivity index (χ0n) is 19.7. The molecule has 36 heavy (non-hydrogen) atoms. The first-order valence-corrected chi connectivity index (χ1v) is 11.4. The Kier molecular flexibility index (Phi) is 7.35. The second-order valence-electron chi connectivity index (χ2n) is 8.41. The number of nitrogens with zero attached hydrogens (tertiary/aromatic N) is 2. The highest BCUT2D eigenvalue weighted by molar-refractivity contribution is 5.97. The van der Waals surface area contributed by atoms with E-state index in [9.17, 15) is 23.9 Å². The van der Waals surface area contributed by atoms with Crippen LogP contribution in [0, 0.1) is 12.7 Å². The number of ether oxygens (including phenoxy) is 1. The molecule has 0 saturated heterocycles. The third kappa shape index (κ3) is 5.38. The number of amides is 2. The summed E-state index contributed by atoms with van der Waals surface area (Å²) in [6, 6.07) is 10.00. The van der Waals surface area contributed by atoms with Crippen LogP contribution in [0.15, 0.2) is 48.8 Å². The maximum atomic E-state index is 13.4. The van der Waals surface area contributed by atoms with Crippen LogP contribution in [0.3, 0.4) is 0 Å². The predicted molar refractivity (Wildman–Crippen MR) is 127 cm³/mol. The van der Waals surface area contributed by atoms with Gasteiger partial charge < -0.3 is 20.5 Å². The van der Waals surface area contributed by atoms with Gasteiger partial charge in [0.15, 0.2) is 0 Å². The number of benzene rings is 2. The summed E-state index contributed by atoms with van der Waals surface area (Å²) >= 11 is 0. The Morgan fingerprint density at radius 1 is 1.08 bits per heavy atom. The minimum atomic E-state index is -0.898. The SMILES string of the molecule is CCOC(=O)c1ccc2c(c1)C[C@H](O)[C@@H]2NC(=O)c1cc(C(=O)NCc2ccc(F)c(C)c2)ncn1. The molecule has 0 fully saturated rings. The molecule has 10 heteroatoms. The molecule has 0 bridgehead atoms. The highest BCUT2D eigenvalue weighted by Gasteiger charge is 2.33. The molecule has 0 aliphatic heterocycles. The van der Waals surface area contributed by atoms with E-state index in [2.05, 4.69) is 20.6 Å². The van der Waals surface area contributed by atoms with Gasteiger partial charge >= 0.3 is 5.97 Å². The molecule has 0 spiro atoms. The molecular weight excluding hydrogens is 467 g/mol. The molecule has 1 aliphatic rings. The average molecular weight is 493 g/mol. The van der Waals surface area contributed by atoms with Crippen molar-refractivity contribution in [2.45, 2.75) is 39.0 Å². The number of fused-ring (bicyclic) bond motifs is 1. The highest BCUT2D eigenvalue weighted by Crippen LogP contribution is 2.32. The van der Waals surface area contributed by atoms with E-state index < -0.39 is 29.9 Å². The molecule has 3 aromatic rings. The van der Waals surface area contributed by atoms with Gasteiger partial charge in [-0.1, -0.05) is 18.2 Å². The number of halogens is 1. The summed E-state index contributed by atoms with van der Waals surface area (Å²) < 4.78 is 18.4. The van der Waals surface area contributed by atoms with Crippen molar-refractivity contribution in [3.05, 3.63) is 93.8 Å². The van der Waals surface area contributed by atoms with Crippen LogP contribution in [0.4, 0.5) is 4.39 Å². The number of nitrogens with one attached hydrogen (secondary N) is 2. The Morgan fingerprint density at radius 3 is 2.56 bits per heavy atom. The van der Waals surface area contributed by atoms with Crippen molar-refractivity contribution in [3.8, 4) is 0 Å². The molecule has 186 valence electrons. The third-order valence-electron chi connectivity index (χ3n) is 5.90. The lowest BCUT2D eigenvalue weighted by atomic mass is 10.0. The Balaban J connectivity index is 1.43. The first-order valence-electron chi connectivity index (χ1n) is 11.4. The molecule has 0 unspecified atom stereocenters. The fourth-order valence-corrected chi connectivity index (χ4v) is 4.06. The summed E-state index contributed by atoms with van der Waals surface area (Å²) in [4.78, 5) is 45.3. The minimum absolute atomic E-state index is 0.0135. The van der Waals surface area contributed by atoms with Gasteiger partial charge in [0, 0.05) is 19.0 Å². The molecule has 3 N–H and O–H groups in total. The predicted octanol–water partition coefficient (Wildman–Crippen LogP) is 2.42. The van der Waals surface area contributed by atoms with Gasteiger partial charge in [0.2, 0.25) is 0 Å². The van der Waals surface area contributed by atoms with Crippen molar-refractivity contribution < 1.29 is 28.6 Å². The van der Waals surface area contributed by atoms with Crippen LogP contribution < -0.4 is 10.6 Å². The van der Waals surface area contributed by atoms with Gasteiger partial charge in [-0.25, -0.2) is 19.2 Å². The fourth-order valence-electron chi connectivity index (χ4n) is 4.06. The van der Waals surface area contributed by atoms with Crippen molar-refractivity contribution in [2.24, 2.45) is 0 Å². The first kappa shape index (κ1) is 24.9. The number of rotatable bonds is 7. The summed E-state index contributed by atoms with van der Waals surface area (Å²) in [5, 5.41) is 16.0. The Morgan fingerprint density at radius 2 is 1.83 bits per heavy atom. The lowest BCUT2D eigenvalue weighted by Gasteiger charge is -2.18. The molecule has 1 heterocycles. The van der Waals surface area contributed by atoms with Crippen LogP contribution in [0.5, 0.6) is 0 Å². The van der Waals surface area contributed by atoms with Gasteiger partial charge in [0.1, 0.15) is 23.5 Å². The molecule has 0 saturated carbocycles. The molecule has 1 aromatic heterocycles. The van der Waals surface area contributed by atoms with Crippen molar-refractivity contribution >= 4 is 17.8 Å². The van der Waals surface area contributed by atoms with E-state index >= 15 is 0 Å². The third-order valence-corrected chi connectivity index (χ3v) is 5.90. The standard InChI is InChI=1S/C26H25FN4O5/c1-3-36-26(35)16-5-6-18-17(9-16)10-22(32)23(18)31-25(34)21-11-20(29-13-30-21)24(33)28-12-15-4-7-19(27)14(2)8-15/h4-9,11,13,22-23,32H,3,10,12H2,1-2H3,(H,28,33)(H,31,34)/t22-,23+/m0/s1. The van der Waals surface area contributed by atoms with Gasteiger partial charge in [0.25, 0.3) is 11.8 Å². The number of aliphatic hydroxyl groups excluding tert-OH is 1. The van der Waals surface area contributed by atoms with Crippen LogP contribution in [0.2, 0.25) is 0 Å². The van der Waals surface area contributed by atoms with Gasteiger partial charge in [0.05, 0.1) is 24.3 Å². The topological polar surface area (TPSA) is 131 Å². The number of aryl methyl sites for hydroxylation is 1. The van der Waals surface area contributed by atoms with Crippen LogP contribution in [0.25, 0.3) is 0 Å².